The van der Waals surface area contributed by atoms with Crippen molar-refractivity contribution in [2.24, 2.45) is 0 Å². The molecular weight excluding hydrogens is 170 g/mol. The molecule has 2 aromatic rings. The number of hydrogen-bond donors (Lipinski definition) is 1. The lowest BCUT2D eigenvalue weighted by atomic mass is 10.00. The van der Waals surface area contributed by atoms with Crippen molar-refractivity contribution in [3.63, 3.8) is 0 Å². The number of hydrogen-bond acceptors (Lipinski definition) is 1. The highest BCUT2D eigenvalue weighted by Gasteiger charge is 2.05. The van der Waals surface area contributed by atoms with Gasteiger partial charge in [-0.3, -0.25) is 0 Å². The first-order valence-electron chi connectivity index (χ1n) is 4.76. The van der Waals surface area contributed by atoms with Crippen molar-refractivity contribution in [3.05, 3.63) is 55.1 Å². The summed E-state index contributed by atoms with van der Waals surface area (Å²) in [5, 5.41) is 5.29. The van der Waals surface area contributed by atoms with E-state index in [2.05, 4.69) is 48.6 Å². The minimum atomic E-state index is 0.182. The van der Waals surface area contributed by atoms with E-state index < -0.39 is 0 Å². The molecule has 0 heterocycles. The maximum atomic E-state index is 5.45. The summed E-state index contributed by atoms with van der Waals surface area (Å²) in [5.41, 5.74) is 1.24. The first-order valence-corrected chi connectivity index (χ1v) is 4.76. The van der Waals surface area contributed by atoms with Crippen LogP contribution in [0.5, 0.6) is 0 Å². The van der Waals surface area contributed by atoms with Gasteiger partial charge in [0.25, 0.3) is 0 Å². The number of benzene rings is 2. The molecule has 0 aliphatic rings. The predicted octanol–water partition coefficient (Wildman–Crippen LogP) is 3.16. The van der Waals surface area contributed by atoms with E-state index in [0.29, 0.717) is 0 Å². The largest absolute Gasteiger partial charge is 0.304 e. The fourth-order valence-corrected chi connectivity index (χ4v) is 1.72. The molecule has 0 bridgehead atoms. The molecule has 2 rings (SSSR count). The molecule has 14 heavy (non-hydrogen) atoms. The van der Waals surface area contributed by atoms with E-state index in [1.807, 2.05) is 6.07 Å². The van der Waals surface area contributed by atoms with E-state index in [1.165, 1.54) is 16.3 Å². The summed E-state index contributed by atoms with van der Waals surface area (Å²) in [6.07, 6.45) is 0. The fourth-order valence-electron chi connectivity index (χ4n) is 1.72. The molecule has 0 aromatic heterocycles. The normalized spacial score (nSPS) is 13.0. The Labute approximate surface area is 84.8 Å². The summed E-state index contributed by atoms with van der Waals surface area (Å²) in [7, 11) is 5.45. The Bertz CT molecular complexity index is 429. The maximum absolute atomic E-state index is 5.45. The van der Waals surface area contributed by atoms with Crippen molar-refractivity contribution in [2.75, 3.05) is 0 Å². The molecule has 1 unspecified atom stereocenters. The minimum Gasteiger partial charge on any atom is -0.304 e. The van der Waals surface area contributed by atoms with Crippen molar-refractivity contribution >= 4 is 10.8 Å². The Morgan fingerprint density at radius 3 is 2.57 bits per heavy atom. The summed E-state index contributed by atoms with van der Waals surface area (Å²) in [4.78, 5) is 0. The molecule has 2 radical (unpaired) electrons. The van der Waals surface area contributed by atoms with Crippen LogP contribution in [-0.2, 0) is 0 Å². The molecule has 0 aliphatic carbocycles. The van der Waals surface area contributed by atoms with E-state index in [-0.39, 0.29) is 6.04 Å². The zero-order valence-corrected chi connectivity index (χ0v) is 8.20. The van der Waals surface area contributed by atoms with Gasteiger partial charge in [-0.05, 0) is 23.3 Å². The molecule has 70 valence electrons. The predicted molar refractivity (Wildman–Crippen MR) is 59.8 cm³/mol. The highest BCUT2D eigenvalue weighted by atomic mass is 14.8. The van der Waals surface area contributed by atoms with Crippen LogP contribution < -0.4 is 5.32 Å². The highest BCUT2D eigenvalue weighted by molar-refractivity contribution is 5.86. The molecule has 0 saturated carbocycles. The van der Waals surface area contributed by atoms with Gasteiger partial charge in [0.05, 0.1) is 0 Å². The standard InChI is InChI=1S/C13H13N/c1-10(14-2)12-9-5-7-11-6-3-4-8-13(11)12/h2-10,14H,1H3. The Morgan fingerprint density at radius 1 is 1.07 bits per heavy atom. The molecular formula is C13H13N. The van der Waals surface area contributed by atoms with Crippen LogP contribution in [-0.4, -0.2) is 0 Å². The Kier molecular flexibility index (Phi) is 2.51. The van der Waals surface area contributed by atoms with Crippen LogP contribution in [0, 0.1) is 7.05 Å². The number of rotatable bonds is 2. The summed E-state index contributed by atoms with van der Waals surface area (Å²) < 4.78 is 0. The monoisotopic (exact) mass is 183 g/mol. The molecule has 1 heteroatoms. The van der Waals surface area contributed by atoms with E-state index in [0.717, 1.165) is 0 Å². The molecule has 0 saturated heterocycles. The Hall–Kier alpha value is -1.34. The van der Waals surface area contributed by atoms with Gasteiger partial charge in [0, 0.05) is 13.1 Å². The van der Waals surface area contributed by atoms with Crippen LogP contribution in [0.1, 0.15) is 18.5 Å². The molecule has 1 N–H and O–H groups in total. The van der Waals surface area contributed by atoms with Crippen molar-refractivity contribution in [2.45, 2.75) is 13.0 Å². The molecule has 0 spiro atoms. The first-order chi connectivity index (χ1) is 6.83. The average molecular weight is 183 g/mol. The van der Waals surface area contributed by atoms with E-state index in [4.69, 9.17) is 7.05 Å². The van der Waals surface area contributed by atoms with Crippen molar-refractivity contribution < 1.29 is 0 Å². The average Bonchev–Trinajstić information content (AvgIpc) is 2.27. The second-order valence-electron chi connectivity index (χ2n) is 3.46. The van der Waals surface area contributed by atoms with Crippen LogP contribution in [0.2, 0.25) is 0 Å². The summed E-state index contributed by atoms with van der Waals surface area (Å²) in [6, 6.07) is 14.8. The zero-order chi connectivity index (χ0) is 9.97. The van der Waals surface area contributed by atoms with Crippen LogP contribution in [0.3, 0.4) is 0 Å². The van der Waals surface area contributed by atoms with Gasteiger partial charge in [0.15, 0.2) is 0 Å². The van der Waals surface area contributed by atoms with E-state index in [9.17, 15) is 0 Å². The molecule has 0 aliphatic heterocycles. The van der Waals surface area contributed by atoms with Crippen LogP contribution >= 0.6 is 0 Å². The Morgan fingerprint density at radius 2 is 1.79 bits per heavy atom. The van der Waals surface area contributed by atoms with Crippen LogP contribution in [0.4, 0.5) is 0 Å². The number of fused-ring (bicyclic) bond motifs is 1. The van der Waals surface area contributed by atoms with Crippen LogP contribution in [0.15, 0.2) is 42.5 Å². The fraction of sp³-hybridized carbons (Fsp3) is 0.154. The van der Waals surface area contributed by atoms with Crippen molar-refractivity contribution in [1.29, 1.82) is 0 Å². The van der Waals surface area contributed by atoms with E-state index >= 15 is 0 Å². The van der Waals surface area contributed by atoms with Gasteiger partial charge in [0.1, 0.15) is 0 Å². The third-order valence-electron chi connectivity index (χ3n) is 2.54. The van der Waals surface area contributed by atoms with Gasteiger partial charge in [-0.25, -0.2) is 0 Å². The van der Waals surface area contributed by atoms with Gasteiger partial charge in [-0.15, -0.1) is 0 Å². The van der Waals surface area contributed by atoms with Crippen molar-refractivity contribution in [1.82, 2.24) is 5.32 Å². The lowest BCUT2D eigenvalue weighted by Crippen LogP contribution is -2.10. The van der Waals surface area contributed by atoms with Gasteiger partial charge >= 0.3 is 0 Å². The van der Waals surface area contributed by atoms with Crippen molar-refractivity contribution in [3.8, 4) is 0 Å². The maximum Gasteiger partial charge on any atom is 0.0412 e. The second-order valence-corrected chi connectivity index (χ2v) is 3.46. The number of nitrogens with one attached hydrogen (secondary N) is 1. The van der Waals surface area contributed by atoms with Gasteiger partial charge in [0.2, 0.25) is 0 Å². The molecule has 1 nitrogen and oxygen atoms in total. The van der Waals surface area contributed by atoms with Gasteiger partial charge in [-0.2, -0.15) is 0 Å². The minimum absolute atomic E-state index is 0.182. The Balaban J connectivity index is 2.65. The molecule has 2 aromatic carbocycles. The summed E-state index contributed by atoms with van der Waals surface area (Å²) in [6.45, 7) is 2.06. The zero-order valence-electron chi connectivity index (χ0n) is 8.20. The molecule has 0 fully saturated rings. The van der Waals surface area contributed by atoms with Crippen LogP contribution in [0.25, 0.3) is 10.8 Å². The highest BCUT2D eigenvalue weighted by Crippen LogP contribution is 2.23. The quantitative estimate of drug-likeness (QED) is 0.705. The third-order valence-corrected chi connectivity index (χ3v) is 2.54. The molecule has 0 amide bonds. The van der Waals surface area contributed by atoms with Gasteiger partial charge < -0.3 is 5.32 Å². The topological polar surface area (TPSA) is 12.0 Å². The smallest absolute Gasteiger partial charge is 0.0412 e. The third kappa shape index (κ3) is 1.51. The lowest BCUT2D eigenvalue weighted by molar-refractivity contribution is 0.688. The first kappa shape index (κ1) is 9.22. The summed E-state index contributed by atoms with van der Waals surface area (Å²) >= 11 is 0. The lowest BCUT2D eigenvalue weighted by Gasteiger charge is -2.13. The van der Waals surface area contributed by atoms with E-state index in [1.54, 1.807) is 0 Å². The summed E-state index contributed by atoms with van der Waals surface area (Å²) in [5.74, 6) is 0. The second kappa shape index (κ2) is 3.81. The molecule has 1 atom stereocenters. The van der Waals surface area contributed by atoms with Gasteiger partial charge in [-0.1, -0.05) is 42.5 Å². The SMILES string of the molecule is [CH]NC(C)c1cccc2ccccc12.